The summed E-state index contributed by atoms with van der Waals surface area (Å²) < 4.78 is 1.00. The smallest absolute Gasteiger partial charge is 0.249 e. The highest BCUT2D eigenvalue weighted by Crippen LogP contribution is 2.35. The Kier molecular flexibility index (Phi) is 3.93. The van der Waals surface area contributed by atoms with E-state index in [-0.39, 0.29) is 0 Å². The summed E-state index contributed by atoms with van der Waals surface area (Å²) in [5.74, 6) is -0.470. The molecule has 0 spiro atoms. The zero-order valence-corrected chi connectivity index (χ0v) is 11.8. The van der Waals surface area contributed by atoms with Crippen LogP contribution in [0.25, 0.3) is 0 Å². The second-order valence-electron chi connectivity index (χ2n) is 3.64. The van der Waals surface area contributed by atoms with Gasteiger partial charge >= 0.3 is 0 Å². The minimum atomic E-state index is -0.470. The van der Waals surface area contributed by atoms with E-state index >= 15 is 0 Å². The highest BCUT2D eigenvalue weighted by molar-refractivity contribution is 9.10. The van der Waals surface area contributed by atoms with E-state index in [1.165, 1.54) is 11.8 Å². The Morgan fingerprint density at radius 2 is 1.78 bits per heavy atom. The third kappa shape index (κ3) is 2.86. The fourth-order valence-corrected chi connectivity index (χ4v) is 2.72. The first kappa shape index (κ1) is 13.0. The lowest BCUT2D eigenvalue weighted by atomic mass is 10.2. The molecule has 0 saturated heterocycles. The number of anilines is 1. The topological polar surface area (TPSA) is 69.1 Å². The first-order valence-electron chi connectivity index (χ1n) is 5.19. The number of carbonyl (C=O) groups is 1. The summed E-state index contributed by atoms with van der Waals surface area (Å²) >= 11 is 4.81. The number of rotatable bonds is 3. The number of hydrogen-bond acceptors (Lipinski definition) is 3. The highest BCUT2D eigenvalue weighted by atomic mass is 79.9. The molecule has 0 saturated carbocycles. The van der Waals surface area contributed by atoms with E-state index in [0.29, 0.717) is 16.1 Å². The molecule has 0 heterocycles. The zero-order valence-electron chi connectivity index (χ0n) is 9.39. The lowest BCUT2D eigenvalue weighted by Gasteiger charge is -2.09. The SMILES string of the molecule is NC(=O)c1cccc(N)c1Sc1ccc(Br)cc1. The Hall–Kier alpha value is -1.46. The number of halogens is 1. The van der Waals surface area contributed by atoms with Gasteiger partial charge < -0.3 is 11.5 Å². The normalized spacial score (nSPS) is 10.3. The Bertz CT molecular complexity index is 584. The van der Waals surface area contributed by atoms with Crippen LogP contribution in [0.15, 0.2) is 56.7 Å². The predicted octanol–water partition coefficient (Wildman–Crippen LogP) is 3.28. The van der Waals surface area contributed by atoms with Crippen LogP contribution in [0.4, 0.5) is 5.69 Å². The molecule has 0 unspecified atom stereocenters. The fourth-order valence-electron chi connectivity index (χ4n) is 1.48. The van der Waals surface area contributed by atoms with Gasteiger partial charge in [-0.05, 0) is 36.4 Å². The maximum atomic E-state index is 11.4. The van der Waals surface area contributed by atoms with Crippen LogP contribution in [0.5, 0.6) is 0 Å². The first-order valence-corrected chi connectivity index (χ1v) is 6.80. The van der Waals surface area contributed by atoms with Gasteiger partial charge in [-0.3, -0.25) is 4.79 Å². The lowest BCUT2D eigenvalue weighted by Crippen LogP contribution is -2.12. The number of benzene rings is 2. The van der Waals surface area contributed by atoms with E-state index in [2.05, 4.69) is 15.9 Å². The average Bonchev–Trinajstić information content (AvgIpc) is 2.34. The fraction of sp³-hybridized carbons (Fsp3) is 0. The second-order valence-corrected chi connectivity index (χ2v) is 5.64. The molecule has 0 aromatic heterocycles. The number of hydrogen-bond donors (Lipinski definition) is 2. The molecule has 0 radical (unpaired) electrons. The van der Waals surface area contributed by atoms with Crippen LogP contribution < -0.4 is 11.5 Å². The molecule has 2 aromatic rings. The summed E-state index contributed by atoms with van der Waals surface area (Å²) in [5, 5.41) is 0. The van der Waals surface area contributed by atoms with E-state index in [4.69, 9.17) is 11.5 Å². The maximum Gasteiger partial charge on any atom is 0.249 e. The molecule has 2 rings (SSSR count). The molecule has 0 fully saturated rings. The largest absolute Gasteiger partial charge is 0.398 e. The van der Waals surface area contributed by atoms with Crippen LogP contribution in [0.1, 0.15) is 10.4 Å². The van der Waals surface area contributed by atoms with Gasteiger partial charge in [0.1, 0.15) is 0 Å². The summed E-state index contributed by atoms with van der Waals surface area (Å²) in [5.41, 5.74) is 12.2. The van der Waals surface area contributed by atoms with Crippen LogP contribution in [0.2, 0.25) is 0 Å². The third-order valence-electron chi connectivity index (χ3n) is 2.34. The summed E-state index contributed by atoms with van der Waals surface area (Å²) in [6.45, 7) is 0. The van der Waals surface area contributed by atoms with Crippen molar-refractivity contribution in [3.05, 3.63) is 52.5 Å². The maximum absolute atomic E-state index is 11.4. The molecule has 1 amide bonds. The van der Waals surface area contributed by atoms with Gasteiger partial charge in [0.05, 0.1) is 5.56 Å². The molecule has 0 aliphatic heterocycles. The van der Waals surface area contributed by atoms with Gasteiger partial charge in [0, 0.05) is 20.0 Å². The van der Waals surface area contributed by atoms with E-state index in [1.807, 2.05) is 24.3 Å². The molecule has 0 aliphatic carbocycles. The predicted molar refractivity (Wildman–Crippen MR) is 77.6 cm³/mol. The van der Waals surface area contributed by atoms with Crippen LogP contribution in [-0.2, 0) is 0 Å². The average molecular weight is 323 g/mol. The molecule has 3 nitrogen and oxygen atoms in total. The van der Waals surface area contributed by atoms with Gasteiger partial charge in [-0.2, -0.15) is 0 Å². The van der Waals surface area contributed by atoms with Crippen molar-refractivity contribution in [3.63, 3.8) is 0 Å². The monoisotopic (exact) mass is 322 g/mol. The summed E-state index contributed by atoms with van der Waals surface area (Å²) in [4.78, 5) is 13.1. The molecule has 0 aliphatic rings. The summed E-state index contributed by atoms with van der Waals surface area (Å²) in [7, 11) is 0. The first-order chi connectivity index (χ1) is 8.58. The molecule has 4 N–H and O–H groups in total. The summed E-state index contributed by atoms with van der Waals surface area (Å²) in [6, 6.07) is 12.9. The van der Waals surface area contributed by atoms with Crippen molar-refractivity contribution in [2.45, 2.75) is 9.79 Å². The summed E-state index contributed by atoms with van der Waals surface area (Å²) in [6.07, 6.45) is 0. The number of amides is 1. The molecular formula is C13H11BrN2OS. The number of carbonyl (C=O) groups excluding carboxylic acids is 1. The number of nitrogen functional groups attached to an aromatic ring is 1. The number of primary amides is 1. The van der Waals surface area contributed by atoms with E-state index in [9.17, 15) is 4.79 Å². The molecule has 92 valence electrons. The molecule has 2 aromatic carbocycles. The Labute approximate surface area is 118 Å². The Balaban J connectivity index is 2.39. The van der Waals surface area contributed by atoms with Crippen molar-refractivity contribution in [1.29, 1.82) is 0 Å². The van der Waals surface area contributed by atoms with E-state index in [0.717, 1.165) is 9.37 Å². The minimum Gasteiger partial charge on any atom is -0.398 e. The second kappa shape index (κ2) is 5.46. The van der Waals surface area contributed by atoms with E-state index in [1.54, 1.807) is 18.2 Å². The molecular weight excluding hydrogens is 312 g/mol. The van der Waals surface area contributed by atoms with Crippen LogP contribution in [0.3, 0.4) is 0 Å². The Morgan fingerprint density at radius 1 is 1.11 bits per heavy atom. The quantitative estimate of drug-likeness (QED) is 0.852. The van der Waals surface area contributed by atoms with Crippen molar-refractivity contribution in [3.8, 4) is 0 Å². The minimum absolute atomic E-state index is 0.447. The lowest BCUT2D eigenvalue weighted by molar-refractivity contribution is 0.0997. The molecule has 0 bridgehead atoms. The molecule has 18 heavy (non-hydrogen) atoms. The van der Waals surface area contributed by atoms with Gasteiger partial charge in [-0.1, -0.05) is 33.8 Å². The van der Waals surface area contributed by atoms with Gasteiger partial charge in [0.15, 0.2) is 0 Å². The van der Waals surface area contributed by atoms with Crippen molar-refractivity contribution in [2.75, 3.05) is 5.73 Å². The van der Waals surface area contributed by atoms with Crippen molar-refractivity contribution >= 4 is 39.3 Å². The molecule has 0 atom stereocenters. The van der Waals surface area contributed by atoms with Gasteiger partial charge in [0.25, 0.3) is 0 Å². The Morgan fingerprint density at radius 3 is 2.39 bits per heavy atom. The van der Waals surface area contributed by atoms with Crippen molar-refractivity contribution in [1.82, 2.24) is 0 Å². The standard InChI is InChI=1S/C13H11BrN2OS/c14-8-4-6-9(7-5-8)18-12-10(13(16)17)2-1-3-11(12)15/h1-7H,15H2,(H2,16,17). The number of nitrogens with two attached hydrogens (primary N) is 2. The van der Waals surface area contributed by atoms with Gasteiger partial charge in [-0.15, -0.1) is 0 Å². The van der Waals surface area contributed by atoms with Crippen molar-refractivity contribution < 1.29 is 4.79 Å². The highest BCUT2D eigenvalue weighted by Gasteiger charge is 2.12. The van der Waals surface area contributed by atoms with Crippen LogP contribution in [-0.4, -0.2) is 5.91 Å². The van der Waals surface area contributed by atoms with E-state index < -0.39 is 5.91 Å². The van der Waals surface area contributed by atoms with Crippen LogP contribution in [0, 0.1) is 0 Å². The van der Waals surface area contributed by atoms with Crippen molar-refractivity contribution in [2.24, 2.45) is 5.73 Å². The van der Waals surface area contributed by atoms with Crippen LogP contribution >= 0.6 is 27.7 Å². The third-order valence-corrected chi connectivity index (χ3v) is 4.04. The zero-order chi connectivity index (χ0) is 13.1. The molecule has 5 heteroatoms. The van der Waals surface area contributed by atoms with Gasteiger partial charge in [0.2, 0.25) is 5.91 Å². The van der Waals surface area contributed by atoms with Gasteiger partial charge in [-0.25, -0.2) is 0 Å².